The highest BCUT2D eigenvalue weighted by atomic mass is 35.5. The molecule has 3 heteroatoms. The van der Waals surface area contributed by atoms with Gasteiger partial charge in [0.05, 0.1) is 0 Å². The van der Waals surface area contributed by atoms with Gasteiger partial charge in [0.1, 0.15) is 0 Å². The molecule has 2 N–H and O–H groups in total. The van der Waals surface area contributed by atoms with E-state index in [4.69, 9.17) is 11.6 Å². The van der Waals surface area contributed by atoms with Crippen molar-refractivity contribution in [3.05, 3.63) is 70.8 Å². The van der Waals surface area contributed by atoms with Gasteiger partial charge in [-0.3, -0.25) is 0 Å². The summed E-state index contributed by atoms with van der Waals surface area (Å²) in [7, 11) is 1.87. The molecule has 110 valence electrons. The number of rotatable bonds is 6. The fourth-order valence-electron chi connectivity index (χ4n) is 2.23. The molecule has 2 nitrogen and oxygen atoms in total. The van der Waals surface area contributed by atoms with Crippen molar-refractivity contribution in [2.75, 3.05) is 12.4 Å². The quantitative estimate of drug-likeness (QED) is 0.807. The minimum atomic E-state index is 0.774. The number of halogens is 1. The maximum Gasteiger partial charge on any atom is 0.0409 e. The fourth-order valence-corrected chi connectivity index (χ4v) is 2.43. The summed E-state index contributed by atoms with van der Waals surface area (Å²) in [6.45, 7) is 6.88. The molecule has 0 heterocycles. The second-order valence-corrected chi connectivity index (χ2v) is 5.36. The molecule has 0 bridgehead atoms. The summed E-state index contributed by atoms with van der Waals surface area (Å²) in [5.41, 5.74) is 5.68. The highest BCUT2D eigenvalue weighted by Crippen LogP contribution is 2.19. The van der Waals surface area contributed by atoms with E-state index in [1.165, 1.54) is 11.1 Å². The average molecular weight is 301 g/mol. The number of hydrogen-bond donors (Lipinski definition) is 2. The Morgan fingerprint density at radius 1 is 1.10 bits per heavy atom. The zero-order chi connectivity index (χ0) is 15.2. The van der Waals surface area contributed by atoms with Crippen molar-refractivity contribution in [1.82, 2.24) is 5.32 Å². The Morgan fingerprint density at radius 2 is 1.81 bits per heavy atom. The van der Waals surface area contributed by atoms with E-state index in [1.54, 1.807) is 0 Å². The van der Waals surface area contributed by atoms with Crippen LogP contribution in [-0.2, 0) is 13.0 Å². The van der Waals surface area contributed by atoms with E-state index in [2.05, 4.69) is 54.5 Å². The van der Waals surface area contributed by atoms with Gasteiger partial charge in [-0.2, -0.15) is 0 Å². The molecule has 0 aromatic heterocycles. The average Bonchev–Trinajstić information content (AvgIpc) is 2.52. The SMILES string of the molecule is C=C(NC)c1ccc(NCc2cc(Cl)ccc2CC)cc1. The minimum absolute atomic E-state index is 0.774. The third kappa shape index (κ3) is 4.02. The van der Waals surface area contributed by atoms with Gasteiger partial charge in [-0.15, -0.1) is 0 Å². The molecule has 0 saturated heterocycles. The summed E-state index contributed by atoms with van der Waals surface area (Å²) in [6.07, 6.45) is 1.01. The van der Waals surface area contributed by atoms with Crippen LogP contribution >= 0.6 is 11.6 Å². The van der Waals surface area contributed by atoms with Gasteiger partial charge < -0.3 is 10.6 Å². The van der Waals surface area contributed by atoms with Crippen molar-refractivity contribution in [1.29, 1.82) is 0 Å². The van der Waals surface area contributed by atoms with Crippen molar-refractivity contribution in [3.63, 3.8) is 0 Å². The molecular weight excluding hydrogens is 280 g/mol. The minimum Gasteiger partial charge on any atom is -0.388 e. The van der Waals surface area contributed by atoms with Crippen LogP contribution in [0.1, 0.15) is 23.6 Å². The molecule has 2 rings (SSSR count). The summed E-state index contributed by atoms with van der Waals surface area (Å²) in [4.78, 5) is 0. The smallest absolute Gasteiger partial charge is 0.0409 e. The first-order valence-corrected chi connectivity index (χ1v) is 7.50. The fraction of sp³-hybridized carbons (Fsp3) is 0.222. The second-order valence-electron chi connectivity index (χ2n) is 4.93. The van der Waals surface area contributed by atoms with Gasteiger partial charge in [0.2, 0.25) is 0 Å². The van der Waals surface area contributed by atoms with E-state index in [0.717, 1.165) is 34.9 Å². The van der Waals surface area contributed by atoms with Crippen LogP contribution < -0.4 is 10.6 Å². The molecule has 2 aromatic rings. The third-order valence-electron chi connectivity index (χ3n) is 3.57. The molecule has 21 heavy (non-hydrogen) atoms. The number of hydrogen-bond acceptors (Lipinski definition) is 2. The Morgan fingerprint density at radius 3 is 2.43 bits per heavy atom. The molecule has 0 atom stereocenters. The first-order chi connectivity index (χ1) is 10.1. The molecule has 0 aliphatic heterocycles. The van der Waals surface area contributed by atoms with E-state index >= 15 is 0 Å². The van der Waals surface area contributed by atoms with Crippen LogP contribution in [0.25, 0.3) is 5.70 Å². The van der Waals surface area contributed by atoms with Crippen LogP contribution in [0.2, 0.25) is 5.02 Å². The lowest BCUT2D eigenvalue weighted by molar-refractivity contribution is 1.04. The zero-order valence-electron chi connectivity index (χ0n) is 12.5. The Balaban J connectivity index is 2.06. The van der Waals surface area contributed by atoms with Gasteiger partial charge in [-0.1, -0.05) is 43.3 Å². The number of nitrogens with one attached hydrogen (secondary N) is 2. The largest absolute Gasteiger partial charge is 0.388 e. The lowest BCUT2D eigenvalue weighted by Crippen LogP contribution is -2.04. The van der Waals surface area contributed by atoms with Crippen LogP contribution in [0.5, 0.6) is 0 Å². The van der Waals surface area contributed by atoms with Crippen molar-refractivity contribution in [2.24, 2.45) is 0 Å². The Hall–Kier alpha value is -1.93. The standard InChI is InChI=1S/C18H21ClN2/c1-4-14-5-8-17(19)11-16(14)12-21-18-9-6-15(7-10-18)13(2)20-3/h5-11,20-21H,2,4,12H2,1,3H3. The molecule has 0 saturated carbocycles. The van der Waals surface area contributed by atoms with Crippen molar-refractivity contribution in [2.45, 2.75) is 19.9 Å². The van der Waals surface area contributed by atoms with Crippen LogP contribution in [-0.4, -0.2) is 7.05 Å². The van der Waals surface area contributed by atoms with E-state index in [9.17, 15) is 0 Å². The van der Waals surface area contributed by atoms with Gasteiger partial charge in [-0.25, -0.2) is 0 Å². The van der Waals surface area contributed by atoms with Gasteiger partial charge >= 0.3 is 0 Å². The molecule has 2 aromatic carbocycles. The Labute approximate surface area is 131 Å². The van der Waals surface area contributed by atoms with Crippen molar-refractivity contribution < 1.29 is 0 Å². The molecule has 0 aliphatic rings. The predicted molar refractivity (Wildman–Crippen MR) is 92.7 cm³/mol. The summed E-state index contributed by atoms with van der Waals surface area (Å²) in [5.74, 6) is 0. The molecule has 0 aliphatic carbocycles. The first kappa shape index (κ1) is 15.5. The maximum absolute atomic E-state index is 6.08. The molecule has 0 amide bonds. The van der Waals surface area contributed by atoms with Crippen LogP contribution in [0.3, 0.4) is 0 Å². The highest BCUT2D eigenvalue weighted by Gasteiger charge is 2.03. The first-order valence-electron chi connectivity index (χ1n) is 7.12. The topological polar surface area (TPSA) is 24.1 Å². The van der Waals surface area contributed by atoms with Crippen molar-refractivity contribution >= 4 is 23.0 Å². The van der Waals surface area contributed by atoms with E-state index in [1.807, 2.05) is 19.2 Å². The Bertz CT molecular complexity index is 618. The zero-order valence-corrected chi connectivity index (χ0v) is 13.3. The second kappa shape index (κ2) is 7.19. The maximum atomic E-state index is 6.08. The number of benzene rings is 2. The third-order valence-corrected chi connectivity index (χ3v) is 3.80. The number of aryl methyl sites for hydroxylation is 1. The van der Waals surface area contributed by atoms with E-state index in [0.29, 0.717) is 0 Å². The summed E-state index contributed by atoms with van der Waals surface area (Å²) < 4.78 is 0. The Kier molecular flexibility index (Phi) is 5.29. The van der Waals surface area contributed by atoms with E-state index < -0.39 is 0 Å². The van der Waals surface area contributed by atoms with E-state index in [-0.39, 0.29) is 0 Å². The molecule has 0 radical (unpaired) electrons. The monoisotopic (exact) mass is 300 g/mol. The summed E-state index contributed by atoms with van der Waals surface area (Å²) in [6, 6.07) is 14.3. The number of anilines is 1. The van der Waals surface area contributed by atoms with Crippen LogP contribution in [0.15, 0.2) is 49.0 Å². The predicted octanol–water partition coefficient (Wildman–Crippen LogP) is 4.70. The molecule has 0 unspecified atom stereocenters. The normalized spacial score (nSPS) is 10.2. The van der Waals surface area contributed by atoms with Gasteiger partial charge in [0.25, 0.3) is 0 Å². The molecule has 0 fully saturated rings. The van der Waals surface area contributed by atoms with Gasteiger partial charge in [0, 0.05) is 30.0 Å². The molecular formula is C18H21ClN2. The lowest BCUT2D eigenvalue weighted by atomic mass is 10.1. The molecule has 0 spiro atoms. The summed E-state index contributed by atoms with van der Waals surface area (Å²) in [5, 5.41) is 7.27. The summed E-state index contributed by atoms with van der Waals surface area (Å²) >= 11 is 6.08. The van der Waals surface area contributed by atoms with Crippen LogP contribution in [0.4, 0.5) is 5.69 Å². The lowest BCUT2D eigenvalue weighted by Gasteiger charge is -2.12. The van der Waals surface area contributed by atoms with Crippen LogP contribution in [0, 0.1) is 0 Å². The highest BCUT2D eigenvalue weighted by molar-refractivity contribution is 6.30. The van der Waals surface area contributed by atoms with Gasteiger partial charge in [0.15, 0.2) is 0 Å². The van der Waals surface area contributed by atoms with Crippen molar-refractivity contribution in [3.8, 4) is 0 Å². The van der Waals surface area contributed by atoms with Gasteiger partial charge in [-0.05, 0) is 47.4 Å².